The molecule has 2 aliphatic rings. The number of benzene rings is 1. The maximum absolute atomic E-state index is 13.4. The lowest BCUT2D eigenvalue weighted by molar-refractivity contribution is -0.123. The summed E-state index contributed by atoms with van der Waals surface area (Å²) in [4.78, 5) is 25.5. The summed E-state index contributed by atoms with van der Waals surface area (Å²) in [5.41, 5.74) is 0.420. The lowest BCUT2D eigenvalue weighted by atomic mass is 9.95. The van der Waals surface area contributed by atoms with E-state index in [4.69, 9.17) is 4.74 Å². The Balaban J connectivity index is 1.43. The molecular formula is C21H27FN4O3. The number of carbonyl (C=O) groups excluding carboxylic acids is 1. The van der Waals surface area contributed by atoms with Crippen LogP contribution in [0.4, 0.5) is 4.39 Å². The number of rotatable bonds is 6. The van der Waals surface area contributed by atoms with Crippen LogP contribution in [-0.2, 0) is 22.6 Å². The molecule has 7 nitrogen and oxygen atoms in total. The normalized spacial score (nSPS) is 19.7. The van der Waals surface area contributed by atoms with E-state index in [0.717, 1.165) is 38.9 Å². The second-order valence-electron chi connectivity index (χ2n) is 7.91. The van der Waals surface area contributed by atoms with Crippen molar-refractivity contribution in [1.29, 1.82) is 0 Å². The van der Waals surface area contributed by atoms with E-state index >= 15 is 0 Å². The molecule has 1 amide bonds. The Kier molecular flexibility index (Phi) is 6.08. The summed E-state index contributed by atoms with van der Waals surface area (Å²) in [7, 11) is 0. The maximum Gasteiger partial charge on any atom is 0.346 e. The average Bonchev–Trinajstić information content (AvgIpc) is 3.04. The minimum Gasteiger partial charge on any atom is -0.381 e. The molecule has 0 saturated carbocycles. The zero-order valence-corrected chi connectivity index (χ0v) is 16.5. The molecular weight excluding hydrogens is 375 g/mol. The highest BCUT2D eigenvalue weighted by Gasteiger charge is 2.31. The van der Waals surface area contributed by atoms with Crippen LogP contribution in [-0.4, -0.2) is 40.0 Å². The van der Waals surface area contributed by atoms with Gasteiger partial charge in [0.15, 0.2) is 0 Å². The summed E-state index contributed by atoms with van der Waals surface area (Å²) in [5.74, 6) is 0.280. The summed E-state index contributed by atoms with van der Waals surface area (Å²) in [6.07, 6.45) is 4.48. The van der Waals surface area contributed by atoms with Gasteiger partial charge >= 0.3 is 5.69 Å². The van der Waals surface area contributed by atoms with Crippen LogP contribution in [0.2, 0.25) is 0 Å². The van der Waals surface area contributed by atoms with Gasteiger partial charge in [-0.05, 0) is 55.7 Å². The fourth-order valence-corrected chi connectivity index (χ4v) is 4.23. The molecule has 1 saturated heterocycles. The van der Waals surface area contributed by atoms with Crippen molar-refractivity contribution in [3.63, 3.8) is 0 Å². The van der Waals surface area contributed by atoms with Crippen LogP contribution in [0, 0.1) is 11.7 Å². The van der Waals surface area contributed by atoms with Gasteiger partial charge in [-0.1, -0.05) is 12.1 Å². The highest BCUT2D eigenvalue weighted by molar-refractivity contribution is 5.82. The van der Waals surface area contributed by atoms with Gasteiger partial charge < -0.3 is 10.1 Å². The Hall–Kier alpha value is -2.48. The number of carbonyl (C=O) groups is 1. The average molecular weight is 402 g/mol. The fourth-order valence-electron chi connectivity index (χ4n) is 4.23. The van der Waals surface area contributed by atoms with Gasteiger partial charge in [-0.2, -0.15) is 5.10 Å². The molecule has 4 rings (SSSR count). The standard InChI is InChI=1S/C21H27FN4O3/c22-17-4-1-3-16(13-17)14-26-21(28)25-10-2-5-18(19(25)24-26)20(27)23-9-6-15-7-11-29-12-8-15/h1,3-4,13,15,18H,2,5-12,14H2,(H,23,27). The van der Waals surface area contributed by atoms with E-state index in [1.54, 1.807) is 16.7 Å². The molecule has 0 spiro atoms. The second kappa shape index (κ2) is 8.90. The monoisotopic (exact) mass is 402 g/mol. The van der Waals surface area contributed by atoms with E-state index in [1.165, 1.54) is 16.8 Å². The zero-order chi connectivity index (χ0) is 20.2. The highest BCUT2D eigenvalue weighted by Crippen LogP contribution is 2.25. The van der Waals surface area contributed by atoms with Gasteiger partial charge in [0, 0.05) is 26.3 Å². The number of hydrogen-bond donors (Lipinski definition) is 1. The van der Waals surface area contributed by atoms with Gasteiger partial charge in [0.2, 0.25) is 5.91 Å². The van der Waals surface area contributed by atoms with Crippen molar-refractivity contribution in [3.8, 4) is 0 Å². The maximum atomic E-state index is 13.4. The van der Waals surface area contributed by atoms with Crippen molar-refractivity contribution >= 4 is 5.91 Å². The first kappa shape index (κ1) is 19.8. The third kappa shape index (κ3) is 4.58. The smallest absolute Gasteiger partial charge is 0.346 e. The number of fused-ring (bicyclic) bond motifs is 1. The number of aromatic nitrogens is 3. The largest absolute Gasteiger partial charge is 0.381 e. The second-order valence-corrected chi connectivity index (χ2v) is 7.91. The Morgan fingerprint density at radius 2 is 2.10 bits per heavy atom. The Morgan fingerprint density at radius 3 is 2.90 bits per heavy atom. The topological polar surface area (TPSA) is 78.2 Å². The quantitative estimate of drug-likeness (QED) is 0.802. The third-order valence-electron chi connectivity index (χ3n) is 5.87. The van der Waals surface area contributed by atoms with Gasteiger partial charge in [-0.3, -0.25) is 9.36 Å². The molecule has 1 aromatic carbocycles. The molecule has 1 unspecified atom stereocenters. The van der Waals surface area contributed by atoms with Crippen LogP contribution in [0.5, 0.6) is 0 Å². The number of ether oxygens (including phenoxy) is 1. The van der Waals surface area contributed by atoms with Crippen molar-refractivity contribution < 1.29 is 13.9 Å². The number of amides is 1. The van der Waals surface area contributed by atoms with Crippen molar-refractivity contribution in [2.75, 3.05) is 19.8 Å². The minimum absolute atomic E-state index is 0.0686. The van der Waals surface area contributed by atoms with Crippen molar-refractivity contribution in [3.05, 3.63) is 52.0 Å². The first-order valence-corrected chi connectivity index (χ1v) is 10.4. The van der Waals surface area contributed by atoms with E-state index in [9.17, 15) is 14.0 Å². The fraction of sp³-hybridized carbons (Fsp3) is 0.571. The zero-order valence-electron chi connectivity index (χ0n) is 16.5. The lowest BCUT2D eigenvalue weighted by Gasteiger charge is -2.24. The van der Waals surface area contributed by atoms with Crippen molar-refractivity contribution in [2.45, 2.75) is 51.1 Å². The molecule has 0 aliphatic carbocycles. The predicted octanol–water partition coefficient (Wildman–Crippen LogP) is 2.04. The van der Waals surface area contributed by atoms with Crippen LogP contribution in [0.25, 0.3) is 0 Å². The molecule has 156 valence electrons. The SMILES string of the molecule is O=C(NCCC1CCOCC1)C1CCCn2c1nn(Cc1cccc(F)c1)c2=O. The predicted molar refractivity (Wildman–Crippen MR) is 105 cm³/mol. The molecule has 2 aromatic rings. The lowest BCUT2D eigenvalue weighted by Crippen LogP contribution is -2.36. The molecule has 8 heteroatoms. The molecule has 0 bridgehead atoms. The summed E-state index contributed by atoms with van der Waals surface area (Å²) >= 11 is 0. The first-order valence-electron chi connectivity index (χ1n) is 10.4. The van der Waals surface area contributed by atoms with Gasteiger partial charge in [-0.25, -0.2) is 13.9 Å². The third-order valence-corrected chi connectivity index (χ3v) is 5.87. The number of hydrogen-bond acceptors (Lipinski definition) is 4. The van der Waals surface area contributed by atoms with Gasteiger partial charge in [0.1, 0.15) is 11.6 Å². The van der Waals surface area contributed by atoms with Crippen LogP contribution in [0.15, 0.2) is 29.1 Å². The van der Waals surface area contributed by atoms with E-state index in [0.29, 0.717) is 36.8 Å². The van der Waals surface area contributed by atoms with Crippen molar-refractivity contribution in [2.24, 2.45) is 5.92 Å². The number of nitrogens with zero attached hydrogens (tertiary/aromatic N) is 3. The van der Waals surface area contributed by atoms with Crippen LogP contribution >= 0.6 is 0 Å². The van der Waals surface area contributed by atoms with Gasteiger partial charge in [-0.15, -0.1) is 0 Å². The summed E-state index contributed by atoms with van der Waals surface area (Å²) < 4.78 is 21.7. The molecule has 1 atom stereocenters. The molecule has 1 aromatic heterocycles. The summed E-state index contributed by atoms with van der Waals surface area (Å²) in [6.45, 7) is 2.98. The number of nitrogens with one attached hydrogen (secondary N) is 1. The van der Waals surface area contributed by atoms with E-state index in [2.05, 4.69) is 10.4 Å². The molecule has 3 heterocycles. The van der Waals surface area contributed by atoms with Gasteiger partial charge in [0.05, 0.1) is 12.5 Å². The molecule has 29 heavy (non-hydrogen) atoms. The number of halogens is 1. The Bertz CT molecular complexity index is 917. The summed E-state index contributed by atoms with van der Waals surface area (Å²) in [6, 6.07) is 6.13. The minimum atomic E-state index is -0.417. The van der Waals surface area contributed by atoms with Crippen molar-refractivity contribution in [1.82, 2.24) is 19.7 Å². The first-order chi connectivity index (χ1) is 14.1. The van der Waals surface area contributed by atoms with Crippen LogP contribution in [0.3, 0.4) is 0 Å². The highest BCUT2D eigenvalue weighted by atomic mass is 19.1. The summed E-state index contributed by atoms with van der Waals surface area (Å²) in [5, 5.41) is 7.48. The Morgan fingerprint density at radius 1 is 1.28 bits per heavy atom. The molecule has 0 radical (unpaired) electrons. The Labute approximate surface area is 168 Å². The van der Waals surface area contributed by atoms with E-state index < -0.39 is 5.92 Å². The molecule has 1 fully saturated rings. The van der Waals surface area contributed by atoms with E-state index in [1.807, 2.05) is 0 Å². The van der Waals surface area contributed by atoms with Crippen LogP contribution < -0.4 is 11.0 Å². The van der Waals surface area contributed by atoms with Gasteiger partial charge in [0.25, 0.3) is 0 Å². The van der Waals surface area contributed by atoms with E-state index in [-0.39, 0.29) is 24.0 Å². The molecule has 2 aliphatic heterocycles. The van der Waals surface area contributed by atoms with Crippen LogP contribution in [0.1, 0.15) is 49.4 Å². The molecule has 1 N–H and O–H groups in total.